The lowest BCUT2D eigenvalue weighted by Crippen LogP contribution is -2.40. The topological polar surface area (TPSA) is 112 Å². The summed E-state index contributed by atoms with van der Waals surface area (Å²) in [6.45, 7) is 10.9. The molecule has 0 radical (unpaired) electrons. The average Bonchev–Trinajstić information content (AvgIpc) is 2.85. The second kappa shape index (κ2) is 10.8. The number of benzene rings is 1. The normalized spacial score (nSPS) is 17.9. The van der Waals surface area contributed by atoms with E-state index in [4.69, 9.17) is 24.7 Å². The highest BCUT2D eigenvalue weighted by molar-refractivity contribution is 5.57. The van der Waals surface area contributed by atoms with Crippen molar-refractivity contribution in [3.63, 3.8) is 0 Å². The molecule has 2 aliphatic rings. The van der Waals surface area contributed by atoms with Gasteiger partial charge in [0.05, 0.1) is 37.9 Å². The van der Waals surface area contributed by atoms with Crippen LogP contribution < -0.4 is 25.5 Å². The number of aromatic nitrogens is 1. The van der Waals surface area contributed by atoms with Crippen molar-refractivity contribution < 1.29 is 18.9 Å². The molecule has 1 aromatic carbocycles. The third kappa shape index (κ3) is 4.99. The first-order valence-electron chi connectivity index (χ1n) is 12.0. The monoisotopic (exact) mass is 480 g/mol. The van der Waals surface area contributed by atoms with Gasteiger partial charge in [0.1, 0.15) is 17.4 Å². The van der Waals surface area contributed by atoms with Gasteiger partial charge in [0.2, 0.25) is 5.88 Å². The van der Waals surface area contributed by atoms with Crippen LogP contribution in [0.4, 0.5) is 0 Å². The van der Waals surface area contributed by atoms with E-state index in [0.29, 0.717) is 61.3 Å². The molecule has 0 spiro atoms. The van der Waals surface area contributed by atoms with Gasteiger partial charge in [0.25, 0.3) is 5.56 Å². The molecule has 0 aliphatic carbocycles. The summed E-state index contributed by atoms with van der Waals surface area (Å²) < 4.78 is 24.4. The zero-order valence-corrected chi connectivity index (χ0v) is 20.5. The SMILES string of the molecule is CCOc1ccc([C@@H]2C(C#N)=C(N)Oc3cc(C)n(CCN4CCOCC4)c(=O)c32)cc1OCC. The van der Waals surface area contributed by atoms with E-state index >= 15 is 0 Å². The third-order valence-corrected chi connectivity index (χ3v) is 6.33. The van der Waals surface area contributed by atoms with Crippen LogP contribution in [0.3, 0.4) is 0 Å². The molecule has 2 N–H and O–H groups in total. The Morgan fingerprint density at radius 2 is 1.83 bits per heavy atom. The highest BCUT2D eigenvalue weighted by Crippen LogP contribution is 2.42. The number of allylic oxidation sites excluding steroid dienone is 1. The van der Waals surface area contributed by atoms with Gasteiger partial charge in [-0.15, -0.1) is 0 Å². The summed E-state index contributed by atoms with van der Waals surface area (Å²) in [5.74, 6) is 0.856. The van der Waals surface area contributed by atoms with E-state index in [9.17, 15) is 10.1 Å². The maximum atomic E-state index is 13.9. The van der Waals surface area contributed by atoms with E-state index in [-0.39, 0.29) is 17.0 Å². The number of fused-ring (bicyclic) bond motifs is 1. The van der Waals surface area contributed by atoms with Crippen LogP contribution in [0.15, 0.2) is 40.5 Å². The molecule has 186 valence electrons. The third-order valence-electron chi connectivity index (χ3n) is 6.33. The second-order valence-corrected chi connectivity index (χ2v) is 8.47. The Bertz CT molecular complexity index is 1210. The molecular formula is C26H32N4O5. The van der Waals surface area contributed by atoms with E-state index in [1.807, 2.05) is 39.0 Å². The van der Waals surface area contributed by atoms with Gasteiger partial charge >= 0.3 is 0 Å². The van der Waals surface area contributed by atoms with E-state index in [1.165, 1.54) is 0 Å². The Morgan fingerprint density at radius 3 is 2.51 bits per heavy atom. The number of nitrogens with zero attached hydrogens (tertiary/aromatic N) is 3. The Balaban J connectivity index is 1.79. The number of nitrogens with two attached hydrogens (primary N) is 1. The fourth-order valence-electron chi connectivity index (χ4n) is 4.61. The Labute approximate surface area is 205 Å². The van der Waals surface area contributed by atoms with Crippen LogP contribution in [0.1, 0.15) is 36.6 Å². The number of ether oxygens (including phenoxy) is 4. The van der Waals surface area contributed by atoms with Gasteiger partial charge in [-0.3, -0.25) is 9.69 Å². The van der Waals surface area contributed by atoms with Crippen molar-refractivity contribution in [2.75, 3.05) is 46.1 Å². The Morgan fingerprint density at radius 1 is 1.11 bits per heavy atom. The van der Waals surface area contributed by atoms with Crippen LogP contribution in [0.2, 0.25) is 0 Å². The maximum absolute atomic E-state index is 13.9. The van der Waals surface area contributed by atoms with Crippen LogP contribution in [-0.2, 0) is 11.3 Å². The number of rotatable bonds is 8. The van der Waals surface area contributed by atoms with Crippen molar-refractivity contribution in [2.45, 2.75) is 33.2 Å². The van der Waals surface area contributed by atoms with Crippen LogP contribution in [0, 0.1) is 18.3 Å². The van der Waals surface area contributed by atoms with Crippen molar-refractivity contribution in [3.8, 4) is 23.3 Å². The first kappa shape index (κ1) is 24.6. The molecule has 9 nitrogen and oxygen atoms in total. The number of nitriles is 1. The molecule has 2 aromatic rings. The van der Waals surface area contributed by atoms with Crippen LogP contribution >= 0.6 is 0 Å². The van der Waals surface area contributed by atoms with E-state index in [2.05, 4.69) is 11.0 Å². The zero-order valence-electron chi connectivity index (χ0n) is 20.5. The summed E-state index contributed by atoms with van der Waals surface area (Å²) in [6, 6.07) is 9.45. The van der Waals surface area contributed by atoms with E-state index in [1.54, 1.807) is 10.6 Å². The van der Waals surface area contributed by atoms with Gasteiger partial charge in [-0.2, -0.15) is 5.26 Å². The molecule has 3 heterocycles. The summed E-state index contributed by atoms with van der Waals surface area (Å²) in [7, 11) is 0. The van der Waals surface area contributed by atoms with E-state index < -0.39 is 5.92 Å². The molecule has 4 rings (SSSR count). The second-order valence-electron chi connectivity index (χ2n) is 8.47. The Hall–Kier alpha value is -3.48. The summed E-state index contributed by atoms with van der Waals surface area (Å²) in [4.78, 5) is 16.1. The molecule has 35 heavy (non-hydrogen) atoms. The lowest BCUT2D eigenvalue weighted by molar-refractivity contribution is 0.0362. The van der Waals surface area contributed by atoms with Crippen molar-refractivity contribution >= 4 is 0 Å². The standard InChI is InChI=1S/C26H32N4O5/c1-4-33-20-7-6-18(15-21(20)34-5-2)23-19(16-27)25(28)35-22-14-17(3)30(26(31)24(22)23)9-8-29-10-12-32-13-11-29/h6-7,14-15,23H,4-5,8-13,28H2,1-3H3/t23-/m1/s1. The van der Waals surface area contributed by atoms with Crippen LogP contribution in [0.25, 0.3) is 0 Å². The molecule has 1 saturated heterocycles. The van der Waals surface area contributed by atoms with Gasteiger partial charge in [-0.05, 0) is 38.5 Å². The highest BCUT2D eigenvalue weighted by Gasteiger charge is 2.35. The predicted octanol–water partition coefficient (Wildman–Crippen LogP) is 2.50. The number of aryl methyl sites for hydroxylation is 1. The minimum Gasteiger partial charge on any atom is -0.490 e. The molecular weight excluding hydrogens is 448 g/mol. The zero-order chi connectivity index (χ0) is 24.9. The van der Waals surface area contributed by atoms with Gasteiger partial charge < -0.3 is 29.2 Å². The average molecular weight is 481 g/mol. The molecule has 1 atom stereocenters. The minimum atomic E-state index is -0.679. The smallest absolute Gasteiger partial charge is 0.258 e. The number of morpholine rings is 1. The Kier molecular flexibility index (Phi) is 7.63. The predicted molar refractivity (Wildman–Crippen MR) is 131 cm³/mol. The van der Waals surface area contributed by atoms with Crippen molar-refractivity contribution in [3.05, 3.63) is 62.9 Å². The molecule has 1 fully saturated rings. The number of hydrogen-bond acceptors (Lipinski definition) is 8. The largest absolute Gasteiger partial charge is 0.490 e. The van der Waals surface area contributed by atoms with Crippen molar-refractivity contribution in [1.82, 2.24) is 9.47 Å². The summed E-state index contributed by atoms with van der Waals surface area (Å²) in [5, 5.41) is 9.97. The number of pyridine rings is 1. The first-order chi connectivity index (χ1) is 17.0. The lowest BCUT2D eigenvalue weighted by atomic mass is 9.84. The van der Waals surface area contributed by atoms with Gasteiger partial charge in [0.15, 0.2) is 11.5 Å². The summed E-state index contributed by atoms with van der Waals surface area (Å²) in [5.41, 5.74) is 8.04. The molecule has 0 unspecified atom stereocenters. The van der Waals surface area contributed by atoms with Gasteiger partial charge in [-0.1, -0.05) is 6.07 Å². The van der Waals surface area contributed by atoms with E-state index in [0.717, 1.165) is 25.3 Å². The fourth-order valence-corrected chi connectivity index (χ4v) is 4.61. The molecule has 0 bridgehead atoms. The van der Waals surface area contributed by atoms with Crippen molar-refractivity contribution in [2.24, 2.45) is 5.73 Å². The molecule has 2 aliphatic heterocycles. The summed E-state index contributed by atoms with van der Waals surface area (Å²) >= 11 is 0. The molecule has 0 amide bonds. The molecule has 1 aromatic heterocycles. The fraction of sp³-hybridized carbons (Fsp3) is 0.462. The van der Waals surface area contributed by atoms with Crippen LogP contribution in [-0.4, -0.2) is 55.5 Å². The highest BCUT2D eigenvalue weighted by atomic mass is 16.5. The quantitative estimate of drug-likeness (QED) is 0.613. The maximum Gasteiger partial charge on any atom is 0.258 e. The van der Waals surface area contributed by atoms with Gasteiger partial charge in [-0.25, -0.2) is 0 Å². The lowest BCUT2D eigenvalue weighted by Gasteiger charge is -2.29. The van der Waals surface area contributed by atoms with Gasteiger partial charge in [0, 0.05) is 37.9 Å². The van der Waals surface area contributed by atoms with Crippen LogP contribution in [0.5, 0.6) is 17.2 Å². The first-order valence-corrected chi connectivity index (χ1v) is 12.0. The van der Waals surface area contributed by atoms with Crippen molar-refractivity contribution in [1.29, 1.82) is 5.26 Å². The number of hydrogen-bond donors (Lipinski definition) is 1. The molecule has 9 heteroatoms. The summed E-state index contributed by atoms with van der Waals surface area (Å²) in [6.07, 6.45) is 0. The minimum absolute atomic E-state index is 0.00158. The molecule has 0 saturated carbocycles.